The van der Waals surface area contributed by atoms with Crippen molar-refractivity contribution < 1.29 is 13.9 Å². The number of fused-ring (bicyclic) bond motifs is 7. The number of anilines is 6. The van der Waals surface area contributed by atoms with Crippen molar-refractivity contribution in [3.8, 4) is 23.0 Å². The minimum Gasteiger partial charge on any atom is -0.458 e. The van der Waals surface area contributed by atoms with Gasteiger partial charge in [-0.25, -0.2) is 0 Å². The lowest BCUT2D eigenvalue weighted by Crippen LogP contribution is -2.57. The summed E-state index contributed by atoms with van der Waals surface area (Å²) in [6.07, 6.45) is 0. The normalized spacial score (nSPS) is 12.4. The van der Waals surface area contributed by atoms with E-state index in [1.54, 1.807) is 0 Å². The van der Waals surface area contributed by atoms with E-state index in [0.29, 0.717) is 0 Å². The van der Waals surface area contributed by atoms with Gasteiger partial charge < -0.3 is 23.7 Å². The minimum absolute atomic E-state index is 0.177. The van der Waals surface area contributed by atoms with Crippen LogP contribution in [0.25, 0.3) is 21.9 Å². The van der Waals surface area contributed by atoms with Gasteiger partial charge in [-0.2, -0.15) is 0 Å². The zero-order valence-electron chi connectivity index (χ0n) is 33.7. The Kier molecular flexibility index (Phi) is 7.99. The molecule has 0 aliphatic carbocycles. The van der Waals surface area contributed by atoms with E-state index in [4.69, 9.17) is 13.9 Å². The SMILES string of the molecule is Cc1ccc(N(c2ccc(C)cc2)c2cc3c4c(c2)Oc2c(cc5c(oc6ccccc65)c2N(c2ccc(C)cc2)c2ccc(C)cc2)B4c2cc(C)ccc2O3)cc1. The van der Waals surface area contributed by atoms with Crippen LogP contribution in [0.2, 0.25) is 0 Å². The van der Waals surface area contributed by atoms with Crippen LogP contribution in [0.5, 0.6) is 23.0 Å². The maximum atomic E-state index is 7.47. The molecule has 0 unspecified atom stereocenters. The summed E-state index contributed by atoms with van der Waals surface area (Å²) in [7, 11) is 0. The summed E-state index contributed by atoms with van der Waals surface area (Å²) >= 11 is 0. The second-order valence-corrected chi connectivity index (χ2v) is 16.2. The molecule has 0 spiro atoms. The predicted molar refractivity (Wildman–Crippen MR) is 244 cm³/mol. The summed E-state index contributed by atoms with van der Waals surface area (Å²) in [5, 5.41) is 2.10. The Labute approximate surface area is 344 Å². The Hall–Kier alpha value is -7.18. The summed E-state index contributed by atoms with van der Waals surface area (Å²) in [6.45, 7) is 10.5. The number of rotatable bonds is 6. The van der Waals surface area contributed by atoms with Gasteiger partial charge in [-0.05, 0) is 106 Å². The number of aryl methyl sites for hydroxylation is 5. The molecule has 8 aromatic carbocycles. The molecule has 0 N–H and O–H groups in total. The van der Waals surface area contributed by atoms with E-state index < -0.39 is 0 Å². The molecular formula is C53H41BN2O3. The smallest absolute Gasteiger partial charge is 0.260 e. The van der Waals surface area contributed by atoms with Gasteiger partial charge >= 0.3 is 0 Å². The highest BCUT2D eigenvalue weighted by Crippen LogP contribution is 2.51. The van der Waals surface area contributed by atoms with Crippen LogP contribution in [0.3, 0.4) is 0 Å². The van der Waals surface area contributed by atoms with Gasteiger partial charge in [0, 0.05) is 51.1 Å². The van der Waals surface area contributed by atoms with Gasteiger partial charge in [-0.3, -0.25) is 0 Å². The van der Waals surface area contributed by atoms with Gasteiger partial charge in [0.25, 0.3) is 6.71 Å². The lowest BCUT2D eigenvalue weighted by atomic mass is 9.34. The minimum atomic E-state index is -0.177. The molecule has 3 heterocycles. The molecule has 11 rings (SSSR count). The van der Waals surface area contributed by atoms with Crippen molar-refractivity contribution in [3.05, 3.63) is 186 Å². The summed E-state index contributed by atoms with van der Waals surface area (Å²) in [6, 6.07) is 56.3. The number of hydrogen-bond donors (Lipinski definition) is 0. The molecule has 0 atom stereocenters. The second kappa shape index (κ2) is 13.5. The van der Waals surface area contributed by atoms with Gasteiger partial charge in [-0.1, -0.05) is 113 Å². The lowest BCUT2D eigenvalue weighted by Gasteiger charge is -2.37. The first-order valence-electron chi connectivity index (χ1n) is 20.3. The van der Waals surface area contributed by atoms with Crippen LogP contribution >= 0.6 is 0 Å². The molecule has 5 nitrogen and oxygen atoms in total. The second-order valence-electron chi connectivity index (χ2n) is 16.2. The van der Waals surface area contributed by atoms with Crippen molar-refractivity contribution in [3.63, 3.8) is 0 Å². The standard InChI is InChI=1S/C53H41BN2O3/c1-32-10-19-37(20-11-32)55(38-21-12-33(2)13-22-38)41-29-48-50-49(30-41)59-53-45(54(50)44-28-36(5)18-27-47(44)57-48)31-43-42-8-6-7-9-46(42)58-52(43)51(53)56(39-23-14-34(3)15-24-39)40-25-16-35(4)17-26-40/h6-31H,1-5H3. The fourth-order valence-corrected chi connectivity index (χ4v) is 8.86. The molecule has 9 aromatic rings. The third kappa shape index (κ3) is 5.78. The molecule has 0 saturated heterocycles. The number of nitrogens with zero attached hydrogens (tertiary/aromatic N) is 2. The van der Waals surface area contributed by atoms with Gasteiger partial charge in [0.2, 0.25) is 0 Å². The van der Waals surface area contributed by atoms with Gasteiger partial charge in [0.1, 0.15) is 28.5 Å². The molecule has 0 amide bonds. The highest BCUT2D eigenvalue weighted by molar-refractivity contribution is 6.98. The lowest BCUT2D eigenvalue weighted by molar-refractivity contribution is 0.465. The van der Waals surface area contributed by atoms with E-state index in [0.717, 1.165) is 95.4 Å². The Balaban J connectivity index is 1.23. The maximum absolute atomic E-state index is 7.47. The Morgan fingerprint density at radius 2 is 0.915 bits per heavy atom. The molecule has 6 heteroatoms. The van der Waals surface area contributed by atoms with Crippen molar-refractivity contribution in [2.45, 2.75) is 34.6 Å². The molecule has 0 saturated carbocycles. The molecule has 0 fully saturated rings. The van der Waals surface area contributed by atoms with Crippen LogP contribution < -0.4 is 35.7 Å². The highest BCUT2D eigenvalue weighted by atomic mass is 16.5. The topological polar surface area (TPSA) is 38.1 Å². The zero-order chi connectivity index (χ0) is 39.9. The van der Waals surface area contributed by atoms with Gasteiger partial charge in [0.15, 0.2) is 11.3 Å². The Morgan fingerprint density at radius 3 is 1.49 bits per heavy atom. The molecule has 2 aliphatic heterocycles. The number of hydrogen-bond acceptors (Lipinski definition) is 5. The molecule has 0 radical (unpaired) electrons. The quantitative estimate of drug-likeness (QED) is 0.158. The maximum Gasteiger partial charge on any atom is 0.260 e. The van der Waals surface area contributed by atoms with Crippen LogP contribution in [-0.4, -0.2) is 6.71 Å². The number of furan rings is 1. The van der Waals surface area contributed by atoms with Crippen molar-refractivity contribution in [1.82, 2.24) is 0 Å². The largest absolute Gasteiger partial charge is 0.458 e. The molecule has 59 heavy (non-hydrogen) atoms. The molecule has 284 valence electrons. The zero-order valence-corrected chi connectivity index (χ0v) is 33.7. The van der Waals surface area contributed by atoms with Crippen molar-refractivity contribution >= 4 is 79.2 Å². The van der Waals surface area contributed by atoms with Crippen LogP contribution in [0.15, 0.2) is 162 Å². The Morgan fingerprint density at radius 1 is 0.407 bits per heavy atom. The number of benzene rings is 8. The molecule has 1 aromatic heterocycles. The van der Waals surface area contributed by atoms with E-state index in [-0.39, 0.29) is 6.71 Å². The number of ether oxygens (including phenoxy) is 2. The fraction of sp³-hybridized carbons (Fsp3) is 0.0943. The van der Waals surface area contributed by atoms with Crippen LogP contribution in [0.4, 0.5) is 34.1 Å². The third-order valence-corrected chi connectivity index (χ3v) is 11.9. The van der Waals surface area contributed by atoms with Crippen LogP contribution in [0.1, 0.15) is 27.8 Å². The first kappa shape index (κ1) is 35.0. The summed E-state index contributed by atoms with van der Waals surface area (Å²) in [4.78, 5) is 4.59. The predicted octanol–water partition coefficient (Wildman–Crippen LogP) is 12.8. The van der Waals surface area contributed by atoms with E-state index >= 15 is 0 Å². The molecule has 2 aliphatic rings. The van der Waals surface area contributed by atoms with E-state index in [9.17, 15) is 0 Å². The molecular weight excluding hydrogens is 723 g/mol. The first-order chi connectivity index (χ1) is 28.8. The van der Waals surface area contributed by atoms with E-state index in [1.807, 2.05) is 6.07 Å². The van der Waals surface area contributed by atoms with Gasteiger partial charge in [-0.15, -0.1) is 0 Å². The van der Waals surface area contributed by atoms with Crippen molar-refractivity contribution in [2.75, 3.05) is 9.80 Å². The van der Waals surface area contributed by atoms with Crippen LogP contribution in [0, 0.1) is 34.6 Å². The summed E-state index contributed by atoms with van der Waals surface area (Å²) in [5.74, 6) is 3.12. The monoisotopic (exact) mass is 764 g/mol. The first-order valence-corrected chi connectivity index (χ1v) is 20.3. The summed E-state index contributed by atoms with van der Waals surface area (Å²) < 4.78 is 21.4. The molecule has 0 bridgehead atoms. The summed E-state index contributed by atoms with van der Waals surface area (Å²) in [5.41, 5.74) is 16.6. The average molecular weight is 765 g/mol. The number of para-hydroxylation sites is 1. The van der Waals surface area contributed by atoms with Crippen molar-refractivity contribution in [2.24, 2.45) is 0 Å². The average Bonchev–Trinajstić information content (AvgIpc) is 3.62. The highest BCUT2D eigenvalue weighted by Gasteiger charge is 2.44. The third-order valence-electron chi connectivity index (χ3n) is 11.9. The fourth-order valence-electron chi connectivity index (χ4n) is 8.86. The van der Waals surface area contributed by atoms with Crippen molar-refractivity contribution in [1.29, 1.82) is 0 Å². The van der Waals surface area contributed by atoms with E-state index in [1.165, 1.54) is 27.8 Å². The Bertz CT molecular complexity index is 3010. The van der Waals surface area contributed by atoms with E-state index in [2.05, 4.69) is 196 Å². The van der Waals surface area contributed by atoms with Crippen LogP contribution in [-0.2, 0) is 0 Å². The van der Waals surface area contributed by atoms with Gasteiger partial charge in [0.05, 0.1) is 5.69 Å².